The summed E-state index contributed by atoms with van der Waals surface area (Å²) < 4.78 is 11.3. The number of halogens is 1. The van der Waals surface area contributed by atoms with Crippen LogP contribution >= 0.6 is 11.6 Å². The first-order chi connectivity index (χ1) is 12.2. The predicted molar refractivity (Wildman–Crippen MR) is 101 cm³/mol. The van der Waals surface area contributed by atoms with Crippen LogP contribution in [0.25, 0.3) is 0 Å². The summed E-state index contributed by atoms with van der Waals surface area (Å²) in [5, 5.41) is 0.644. The average Bonchev–Trinajstić information content (AvgIpc) is 2.63. The lowest BCUT2D eigenvalue weighted by Gasteiger charge is -2.37. The van der Waals surface area contributed by atoms with Crippen LogP contribution in [0, 0.1) is 6.92 Å². The number of hydrogen-bond acceptors (Lipinski definition) is 4. The van der Waals surface area contributed by atoms with E-state index in [2.05, 4.69) is 47.1 Å². The Labute approximate surface area is 153 Å². The van der Waals surface area contributed by atoms with Crippen molar-refractivity contribution in [2.75, 3.05) is 44.3 Å². The number of nitrogens with zero attached hydrogens (tertiary/aromatic N) is 2. The molecule has 0 aromatic heterocycles. The highest BCUT2D eigenvalue weighted by Gasteiger charge is 2.21. The van der Waals surface area contributed by atoms with Gasteiger partial charge in [0.1, 0.15) is 13.2 Å². The maximum atomic E-state index is 6.35. The Morgan fingerprint density at radius 2 is 1.76 bits per heavy atom. The molecule has 4 nitrogen and oxygen atoms in total. The fourth-order valence-corrected chi connectivity index (χ4v) is 3.87. The van der Waals surface area contributed by atoms with Crippen molar-refractivity contribution in [1.82, 2.24) is 4.90 Å². The third kappa shape index (κ3) is 3.55. The second-order valence-electron chi connectivity index (χ2n) is 6.65. The van der Waals surface area contributed by atoms with E-state index in [1.807, 2.05) is 6.07 Å². The molecule has 5 heteroatoms. The SMILES string of the molecule is Cc1ccccc1N1CCN(Cc2cc(Cl)c3c(c2)OCCO3)CC1. The molecule has 0 spiro atoms. The van der Waals surface area contributed by atoms with E-state index in [4.69, 9.17) is 21.1 Å². The Kier molecular flexibility index (Phi) is 4.73. The summed E-state index contributed by atoms with van der Waals surface area (Å²) >= 11 is 6.35. The zero-order valence-electron chi connectivity index (χ0n) is 14.5. The van der Waals surface area contributed by atoms with Gasteiger partial charge in [-0.3, -0.25) is 4.90 Å². The van der Waals surface area contributed by atoms with Crippen LogP contribution in [-0.4, -0.2) is 44.3 Å². The number of ether oxygens (including phenoxy) is 2. The van der Waals surface area contributed by atoms with E-state index in [1.165, 1.54) is 16.8 Å². The van der Waals surface area contributed by atoms with Crippen molar-refractivity contribution in [3.05, 3.63) is 52.5 Å². The highest BCUT2D eigenvalue weighted by atomic mass is 35.5. The van der Waals surface area contributed by atoms with Gasteiger partial charge in [0.05, 0.1) is 5.02 Å². The minimum absolute atomic E-state index is 0.562. The molecule has 0 atom stereocenters. The normalized spacial score (nSPS) is 17.6. The van der Waals surface area contributed by atoms with Gasteiger partial charge in [-0.25, -0.2) is 0 Å². The predicted octanol–water partition coefficient (Wildman–Crippen LogP) is 3.74. The van der Waals surface area contributed by atoms with Crippen LogP contribution in [0.15, 0.2) is 36.4 Å². The van der Waals surface area contributed by atoms with Gasteiger partial charge in [0.25, 0.3) is 0 Å². The zero-order valence-corrected chi connectivity index (χ0v) is 15.3. The zero-order chi connectivity index (χ0) is 17.2. The summed E-state index contributed by atoms with van der Waals surface area (Å²) in [5.74, 6) is 1.45. The number of piperazine rings is 1. The smallest absolute Gasteiger partial charge is 0.179 e. The second kappa shape index (κ2) is 7.14. The quantitative estimate of drug-likeness (QED) is 0.834. The fourth-order valence-electron chi connectivity index (χ4n) is 3.58. The van der Waals surface area contributed by atoms with Crippen LogP contribution in [0.4, 0.5) is 5.69 Å². The van der Waals surface area contributed by atoms with E-state index in [0.29, 0.717) is 24.0 Å². The second-order valence-corrected chi connectivity index (χ2v) is 7.06. The molecule has 2 aromatic rings. The molecule has 132 valence electrons. The molecule has 0 N–H and O–H groups in total. The molecule has 2 aliphatic rings. The van der Waals surface area contributed by atoms with Crippen LogP contribution in [0.5, 0.6) is 11.5 Å². The van der Waals surface area contributed by atoms with Crippen molar-refractivity contribution in [2.45, 2.75) is 13.5 Å². The van der Waals surface area contributed by atoms with Crippen molar-refractivity contribution in [2.24, 2.45) is 0 Å². The third-order valence-corrected chi connectivity index (χ3v) is 5.17. The largest absolute Gasteiger partial charge is 0.486 e. The molecule has 0 saturated carbocycles. The molecular formula is C20H23ClN2O2. The van der Waals surface area contributed by atoms with Gasteiger partial charge in [-0.15, -0.1) is 0 Å². The van der Waals surface area contributed by atoms with E-state index in [-0.39, 0.29) is 0 Å². The molecule has 1 fully saturated rings. The van der Waals surface area contributed by atoms with Gasteiger partial charge < -0.3 is 14.4 Å². The molecule has 0 amide bonds. The molecule has 0 radical (unpaired) electrons. The van der Waals surface area contributed by atoms with E-state index >= 15 is 0 Å². The number of aryl methyl sites for hydroxylation is 1. The van der Waals surface area contributed by atoms with Gasteiger partial charge in [-0.1, -0.05) is 29.8 Å². The topological polar surface area (TPSA) is 24.9 Å². The Balaban J connectivity index is 1.41. The lowest BCUT2D eigenvalue weighted by Crippen LogP contribution is -2.46. The van der Waals surface area contributed by atoms with Crippen molar-refractivity contribution in [3.8, 4) is 11.5 Å². The molecule has 4 rings (SSSR count). The highest BCUT2D eigenvalue weighted by molar-refractivity contribution is 6.32. The summed E-state index contributed by atoms with van der Waals surface area (Å²) in [4.78, 5) is 4.94. The third-order valence-electron chi connectivity index (χ3n) is 4.89. The van der Waals surface area contributed by atoms with E-state index < -0.39 is 0 Å². The maximum absolute atomic E-state index is 6.35. The molecule has 2 heterocycles. The van der Waals surface area contributed by atoms with Gasteiger partial charge in [-0.05, 0) is 36.2 Å². The van der Waals surface area contributed by atoms with Gasteiger partial charge in [0.15, 0.2) is 11.5 Å². The lowest BCUT2D eigenvalue weighted by molar-refractivity contribution is 0.171. The summed E-state index contributed by atoms with van der Waals surface area (Å²) in [6, 6.07) is 12.7. The van der Waals surface area contributed by atoms with Crippen LogP contribution in [0.2, 0.25) is 5.02 Å². The number of fused-ring (bicyclic) bond motifs is 1. The Morgan fingerprint density at radius 1 is 1.00 bits per heavy atom. The van der Waals surface area contributed by atoms with Crippen molar-refractivity contribution in [3.63, 3.8) is 0 Å². The maximum Gasteiger partial charge on any atom is 0.179 e. The molecule has 0 aliphatic carbocycles. The molecule has 25 heavy (non-hydrogen) atoms. The van der Waals surface area contributed by atoms with Gasteiger partial charge in [-0.2, -0.15) is 0 Å². The molecule has 2 aromatic carbocycles. The first kappa shape index (κ1) is 16.6. The number of anilines is 1. The molecule has 1 saturated heterocycles. The lowest BCUT2D eigenvalue weighted by atomic mass is 10.1. The summed E-state index contributed by atoms with van der Waals surface area (Å²) in [7, 11) is 0. The molecule has 0 unspecified atom stereocenters. The van der Waals surface area contributed by atoms with E-state index in [0.717, 1.165) is 38.5 Å². The van der Waals surface area contributed by atoms with Crippen LogP contribution in [0.1, 0.15) is 11.1 Å². The number of para-hydroxylation sites is 1. The Bertz CT molecular complexity index is 757. The minimum atomic E-state index is 0.562. The monoisotopic (exact) mass is 358 g/mol. The first-order valence-electron chi connectivity index (χ1n) is 8.81. The number of benzene rings is 2. The molecule has 2 aliphatic heterocycles. The van der Waals surface area contributed by atoms with Crippen molar-refractivity contribution >= 4 is 17.3 Å². The van der Waals surface area contributed by atoms with E-state index in [9.17, 15) is 0 Å². The van der Waals surface area contributed by atoms with Crippen LogP contribution < -0.4 is 14.4 Å². The standard InChI is InChI=1S/C20H23ClN2O2/c1-15-4-2-3-5-18(15)23-8-6-22(7-9-23)14-16-12-17(21)20-19(13-16)24-10-11-25-20/h2-5,12-13H,6-11,14H2,1H3. The van der Waals surface area contributed by atoms with E-state index in [1.54, 1.807) is 0 Å². The first-order valence-corrected chi connectivity index (χ1v) is 9.19. The van der Waals surface area contributed by atoms with Gasteiger partial charge in [0.2, 0.25) is 0 Å². The number of rotatable bonds is 3. The number of hydrogen-bond donors (Lipinski definition) is 0. The summed E-state index contributed by atoms with van der Waals surface area (Å²) in [6.07, 6.45) is 0. The van der Waals surface area contributed by atoms with Gasteiger partial charge in [0, 0.05) is 38.4 Å². The van der Waals surface area contributed by atoms with Crippen LogP contribution in [-0.2, 0) is 6.54 Å². The summed E-state index contributed by atoms with van der Waals surface area (Å²) in [6.45, 7) is 8.39. The minimum Gasteiger partial charge on any atom is -0.486 e. The van der Waals surface area contributed by atoms with Crippen molar-refractivity contribution < 1.29 is 9.47 Å². The van der Waals surface area contributed by atoms with Gasteiger partial charge >= 0.3 is 0 Å². The highest BCUT2D eigenvalue weighted by Crippen LogP contribution is 2.38. The Hall–Kier alpha value is -1.91. The van der Waals surface area contributed by atoms with Crippen LogP contribution in [0.3, 0.4) is 0 Å². The van der Waals surface area contributed by atoms with Crippen molar-refractivity contribution in [1.29, 1.82) is 0 Å². The fraction of sp³-hybridized carbons (Fsp3) is 0.400. The average molecular weight is 359 g/mol. The Morgan fingerprint density at radius 3 is 2.56 bits per heavy atom. The molecule has 0 bridgehead atoms. The summed E-state index contributed by atoms with van der Waals surface area (Å²) in [5.41, 5.74) is 3.87. The molecular weight excluding hydrogens is 336 g/mol.